The number of nitrogens with one attached hydrogen (secondary N) is 1. The summed E-state index contributed by atoms with van der Waals surface area (Å²) in [5.41, 5.74) is 1.12. The maximum atomic E-state index is 5.61. The van der Waals surface area contributed by atoms with E-state index in [0.29, 0.717) is 11.7 Å². The molecule has 5 heteroatoms. The van der Waals surface area contributed by atoms with Crippen LogP contribution in [0, 0.1) is 5.92 Å². The van der Waals surface area contributed by atoms with E-state index in [-0.39, 0.29) is 17.8 Å². The van der Waals surface area contributed by atoms with E-state index in [4.69, 9.17) is 4.52 Å². The van der Waals surface area contributed by atoms with E-state index >= 15 is 0 Å². The lowest BCUT2D eigenvalue weighted by atomic mass is 9.80. The fourth-order valence-corrected chi connectivity index (χ4v) is 3.63. The van der Waals surface area contributed by atoms with Gasteiger partial charge in [-0.3, -0.25) is 0 Å². The summed E-state index contributed by atoms with van der Waals surface area (Å²) in [6.07, 6.45) is 3.71. The van der Waals surface area contributed by atoms with Crippen LogP contribution in [-0.4, -0.2) is 23.2 Å². The molecule has 0 spiro atoms. The largest absolute Gasteiger partial charge is 0.338 e. The first kappa shape index (κ1) is 13.6. The quantitative estimate of drug-likeness (QED) is 0.924. The van der Waals surface area contributed by atoms with Crippen molar-refractivity contribution in [3.63, 3.8) is 0 Å². The number of rotatable bonds is 2. The molecular weight excluding hydrogens is 274 g/mol. The Kier molecular flexibility index (Phi) is 3.52. The fourth-order valence-electron chi connectivity index (χ4n) is 3.63. The van der Waals surface area contributed by atoms with Gasteiger partial charge < -0.3 is 9.84 Å². The summed E-state index contributed by atoms with van der Waals surface area (Å²) >= 11 is 0. The lowest BCUT2D eigenvalue weighted by Crippen LogP contribution is -2.31. The molecule has 1 saturated carbocycles. The molecule has 20 heavy (non-hydrogen) atoms. The summed E-state index contributed by atoms with van der Waals surface area (Å²) in [6, 6.07) is 10.0. The standard InChI is InChI=1S/C15H17N3O.ClH/c1-2-5-11(6-3-1)13-17-14(19-18-13)15-8-4-7-12(15)9-16-10-15;/h1-3,5-6,12,16H,4,7-10H2;1H/t12-,15-;/m1./s1. The van der Waals surface area contributed by atoms with Gasteiger partial charge in [-0.15, -0.1) is 12.4 Å². The summed E-state index contributed by atoms with van der Waals surface area (Å²) in [4.78, 5) is 4.68. The zero-order valence-electron chi connectivity index (χ0n) is 11.2. The summed E-state index contributed by atoms with van der Waals surface area (Å²) in [7, 11) is 0. The van der Waals surface area contributed by atoms with E-state index in [2.05, 4.69) is 15.5 Å². The molecule has 4 nitrogen and oxygen atoms in total. The van der Waals surface area contributed by atoms with Gasteiger partial charge >= 0.3 is 0 Å². The first-order valence-corrected chi connectivity index (χ1v) is 6.99. The summed E-state index contributed by atoms with van der Waals surface area (Å²) < 4.78 is 5.61. The fraction of sp³-hybridized carbons (Fsp3) is 0.467. The van der Waals surface area contributed by atoms with Gasteiger partial charge in [0.25, 0.3) is 0 Å². The maximum absolute atomic E-state index is 5.61. The number of halogens is 1. The molecule has 0 unspecified atom stereocenters. The Bertz CT molecular complexity index is 574. The molecule has 1 N–H and O–H groups in total. The lowest BCUT2D eigenvalue weighted by molar-refractivity contribution is 0.265. The summed E-state index contributed by atoms with van der Waals surface area (Å²) in [6.45, 7) is 2.07. The minimum absolute atomic E-state index is 0. The monoisotopic (exact) mass is 291 g/mol. The number of fused-ring (bicyclic) bond motifs is 1. The normalized spacial score (nSPS) is 28.1. The van der Waals surface area contributed by atoms with Crippen LogP contribution in [0.5, 0.6) is 0 Å². The van der Waals surface area contributed by atoms with E-state index in [9.17, 15) is 0 Å². The second-order valence-corrected chi connectivity index (χ2v) is 5.67. The Morgan fingerprint density at radius 2 is 2.10 bits per heavy atom. The first-order chi connectivity index (χ1) is 9.38. The number of hydrogen-bond acceptors (Lipinski definition) is 4. The highest BCUT2D eigenvalue weighted by atomic mass is 35.5. The number of nitrogens with zero attached hydrogens (tertiary/aromatic N) is 2. The van der Waals surface area contributed by atoms with Crippen LogP contribution in [0.25, 0.3) is 11.4 Å². The van der Waals surface area contributed by atoms with E-state index in [1.807, 2.05) is 30.3 Å². The smallest absolute Gasteiger partial charge is 0.234 e. The predicted molar refractivity (Wildman–Crippen MR) is 78.9 cm³/mol. The van der Waals surface area contributed by atoms with Crippen LogP contribution in [0.3, 0.4) is 0 Å². The van der Waals surface area contributed by atoms with Crippen LogP contribution >= 0.6 is 12.4 Å². The highest BCUT2D eigenvalue weighted by Gasteiger charge is 2.51. The Labute approximate surface area is 124 Å². The molecule has 2 fully saturated rings. The van der Waals surface area contributed by atoms with Crippen molar-refractivity contribution >= 4 is 12.4 Å². The third-order valence-electron chi connectivity index (χ3n) is 4.67. The van der Waals surface area contributed by atoms with Gasteiger partial charge in [0, 0.05) is 12.1 Å². The first-order valence-electron chi connectivity index (χ1n) is 6.99. The van der Waals surface area contributed by atoms with Crippen molar-refractivity contribution in [2.45, 2.75) is 24.7 Å². The van der Waals surface area contributed by atoms with Crippen LogP contribution in [-0.2, 0) is 5.41 Å². The van der Waals surface area contributed by atoms with Crippen molar-refractivity contribution in [3.05, 3.63) is 36.2 Å². The van der Waals surface area contributed by atoms with Gasteiger partial charge in [0.15, 0.2) is 0 Å². The molecule has 0 amide bonds. The van der Waals surface area contributed by atoms with Gasteiger partial charge in [-0.1, -0.05) is 41.9 Å². The molecule has 106 valence electrons. The SMILES string of the molecule is Cl.c1ccc(-c2noc([C@@]34CCC[C@@H]3CNC4)n2)cc1. The zero-order valence-corrected chi connectivity index (χ0v) is 12.0. The molecule has 1 aromatic carbocycles. The Balaban J connectivity index is 0.00000121. The van der Waals surface area contributed by atoms with Crippen LogP contribution in [0.4, 0.5) is 0 Å². The molecule has 2 aromatic rings. The average molecular weight is 292 g/mol. The average Bonchev–Trinajstić information content (AvgIpc) is 3.14. The minimum atomic E-state index is 0. The second kappa shape index (κ2) is 5.19. The molecule has 1 aliphatic heterocycles. The van der Waals surface area contributed by atoms with E-state index < -0.39 is 0 Å². The van der Waals surface area contributed by atoms with Crippen LogP contribution in [0.15, 0.2) is 34.9 Å². The lowest BCUT2D eigenvalue weighted by Gasteiger charge is -2.22. The van der Waals surface area contributed by atoms with Gasteiger partial charge in [-0.2, -0.15) is 4.98 Å². The van der Waals surface area contributed by atoms with Crippen molar-refractivity contribution in [1.29, 1.82) is 0 Å². The van der Waals surface area contributed by atoms with E-state index in [0.717, 1.165) is 24.5 Å². The highest BCUT2D eigenvalue weighted by molar-refractivity contribution is 5.85. The molecule has 1 aromatic heterocycles. The number of aromatic nitrogens is 2. The van der Waals surface area contributed by atoms with Crippen molar-refractivity contribution in [1.82, 2.24) is 15.5 Å². The molecule has 2 atom stereocenters. The van der Waals surface area contributed by atoms with Crippen molar-refractivity contribution in [3.8, 4) is 11.4 Å². The summed E-state index contributed by atoms with van der Waals surface area (Å²) in [5, 5.41) is 7.66. The Morgan fingerprint density at radius 1 is 1.25 bits per heavy atom. The molecule has 2 aliphatic rings. The Morgan fingerprint density at radius 3 is 2.95 bits per heavy atom. The number of benzene rings is 1. The van der Waals surface area contributed by atoms with Crippen LogP contribution < -0.4 is 5.32 Å². The van der Waals surface area contributed by atoms with E-state index in [1.54, 1.807) is 0 Å². The molecule has 0 radical (unpaired) electrons. The van der Waals surface area contributed by atoms with E-state index in [1.165, 1.54) is 19.3 Å². The van der Waals surface area contributed by atoms with Crippen molar-refractivity contribution < 1.29 is 4.52 Å². The number of hydrogen-bond donors (Lipinski definition) is 1. The minimum Gasteiger partial charge on any atom is -0.338 e. The van der Waals surface area contributed by atoms with Gasteiger partial charge in [0.05, 0.1) is 5.41 Å². The predicted octanol–water partition coefficient (Wildman–Crippen LogP) is 2.80. The van der Waals surface area contributed by atoms with Crippen LogP contribution in [0.2, 0.25) is 0 Å². The topological polar surface area (TPSA) is 51.0 Å². The van der Waals surface area contributed by atoms with Crippen LogP contribution in [0.1, 0.15) is 25.2 Å². The second-order valence-electron chi connectivity index (χ2n) is 5.67. The van der Waals surface area contributed by atoms with Crippen molar-refractivity contribution in [2.24, 2.45) is 5.92 Å². The van der Waals surface area contributed by atoms with Crippen molar-refractivity contribution in [2.75, 3.05) is 13.1 Å². The molecule has 4 rings (SSSR count). The molecule has 2 heterocycles. The van der Waals surface area contributed by atoms with Gasteiger partial charge in [-0.25, -0.2) is 0 Å². The van der Waals surface area contributed by atoms with Gasteiger partial charge in [0.1, 0.15) is 0 Å². The highest BCUT2D eigenvalue weighted by Crippen LogP contribution is 2.47. The molecular formula is C15H18ClN3O. The van der Waals surface area contributed by atoms with Gasteiger partial charge in [0.2, 0.25) is 11.7 Å². The summed E-state index contributed by atoms with van der Waals surface area (Å²) in [5.74, 6) is 2.21. The Hall–Kier alpha value is -1.39. The molecule has 0 bridgehead atoms. The third kappa shape index (κ3) is 1.95. The van der Waals surface area contributed by atoms with Gasteiger partial charge in [-0.05, 0) is 25.3 Å². The molecule has 1 aliphatic carbocycles. The third-order valence-corrected chi connectivity index (χ3v) is 4.67. The maximum Gasteiger partial charge on any atom is 0.234 e. The molecule has 1 saturated heterocycles. The zero-order chi connectivity index (χ0) is 12.7.